The van der Waals surface area contributed by atoms with E-state index in [1.54, 1.807) is 49.6 Å². The number of methoxy groups -OCH3 is 2. The molecule has 4 N–H and O–H groups in total. The number of amidine groups is 1. The van der Waals surface area contributed by atoms with Gasteiger partial charge in [0.05, 0.1) is 20.8 Å². The van der Waals surface area contributed by atoms with E-state index >= 15 is 0 Å². The van der Waals surface area contributed by atoms with Crippen LogP contribution in [0.1, 0.15) is 24.1 Å². The summed E-state index contributed by atoms with van der Waals surface area (Å²) in [7, 11) is 2.90. The predicted molar refractivity (Wildman–Crippen MR) is 107 cm³/mol. The highest BCUT2D eigenvalue weighted by atomic mass is 35.5. The Labute approximate surface area is 164 Å². The Kier molecular flexibility index (Phi) is 8.41. The lowest BCUT2D eigenvalue weighted by molar-refractivity contribution is -0.141. The number of hydrogen-bond acceptors (Lipinski definition) is 6. The summed E-state index contributed by atoms with van der Waals surface area (Å²) in [6.45, 7) is 2.35. The lowest BCUT2D eigenvalue weighted by Crippen LogP contribution is -2.22. The first-order valence-corrected chi connectivity index (χ1v) is 8.09. The van der Waals surface area contributed by atoms with Crippen molar-refractivity contribution in [3.63, 3.8) is 0 Å². The van der Waals surface area contributed by atoms with Gasteiger partial charge in [-0.1, -0.05) is 6.07 Å². The summed E-state index contributed by atoms with van der Waals surface area (Å²) in [5, 5.41) is 10.6. The van der Waals surface area contributed by atoms with Crippen LogP contribution in [0.15, 0.2) is 42.5 Å². The molecule has 0 aliphatic carbocycles. The van der Waals surface area contributed by atoms with Crippen molar-refractivity contribution in [3.05, 3.63) is 53.6 Å². The zero-order valence-corrected chi connectivity index (χ0v) is 16.3. The second-order valence-corrected chi connectivity index (χ2v) is 5.43. The molecule has 0 saturated carbocycles. The molecule has 7 nitrogen and oxygen atoms in total. The Bertz CT molecular complexity index is 781. The third kappa shape index (κ3) is 5.52. The Morgan fingerprint density at radius 2 is 1.81 bits per heavy atom. The van der Waals surface area contributed by atoms with Crippen LogP contribution in [-0.4, -0.2) is 32.6 Å². The van der Waals surface area contributed by atoms with Crippen LogP contribution < -0.4 is 20.5 Å². The van der Waals surface area contributed by atoms with E-state index in [4.69, 9.17) is 25.4 Å². The fourth-order valence-electron chi connectivity index (χ4n) is 2.45. The third-order valence-electron chi connectivity index (χ3n) is 3.76. The molecule has 0 heterocycles. The molecule has 0 aliphatic rings. The average molecular weight is 394 g/mol. The summed E-state index contributed by atoms with van der Waals surface area (Å²) in [5.74, 6) is 0.686. The van der Waals surface area contributed by atoms with Crippen LogP contribution in [-0.2, 0) is 9.53 Å². The van der Waals surface area contributed by atoms with Crippen LogP contribution in [0.25, 0.3) is 0 Å². The minimum absolute atomic E-state index is 0. The Hall–Kier alpha value is -2.93. The van der Waals surface area contributed by atoms with Crippen molar-refractivity contribution >= 4 is 29.9 Å². The normalized spacial score (nSPS) is 10.9. The van der Waals surface area contributed by atoms with Crippen LogP contribution in [0.5, 0.6) is 11.5 Å². The Balaban J connectivity index is 0.00000364. The number of nitrogens with one attached hydrogen (secondary N) is 2. The fraction of sp³-hybridized carbons (Fsp3) is 0.263. The summed E-state index contributed by atoms with van der Waals surface area (Å²) in [5.41, 5.74) is 7.44. The molecule has 146 valence electrons. The summed E-state index contributed by atoms with van der Waals surface area (Å²) >= 11 is 0. The van der Waals surface area contributed by atoms with E-state index < -0.39 is 12.0 Å². The second kappa shape index (κ2) is 10.3. The van der Waals surface area contributed by atoms with Gasteiger partial charge >= 0.3 is 5.97 Å². The summed E-state index contributed by atoms with van der Waals surface area (Å²) in [4.78, 5) is 12.3. The average Bonchev–Trinajstić information content (AvgIpc) is 2.66. The topological polar surface area (TPSA) is 107 Å². The minimum Gasteiger partial charge on any atom is -0.493 e. The molecular formula is C19H24ClN3O4. The van der Waals surface area contributed by atoms with Gasteiger partial charge in [-0.05, 0) is 48.9 Å². The van der Waals surface area contributed by atoms with Gasteiger partial charge < -0.3 is 25.3 Å². The highest BCUT2D eigenvalue weighted by Gasteiger charge is 2.23. The number of rotatable bonds is 8. The van der Waals surface area contributed by atoms with Crippen molar-refractivity contribution in [2.24, 2.45) is 5.73 Å². The molecule has 1 atom stereocenters. The molecule has 0 fully saturated rings. The largest absolute Gasteiger partial charge is 0.493 e. The molecule has 2 aromatic carbocycles. The first-order valence-electron chi connectivity index (χ1n) is 8.09. The lowest BCUT2D eigenvalue weighted by Gasteiger charge is -2.20. The van der Waals surface area contributed by atoms with Crippen molar-refractivity contribution in [2.75, 3.05) is 26.1 Å². The highest BCUT2D eigenvalue weighted by molar-refractivity contribution is 5.95. The molecule has 0 bridgehead atoms. The van der Waals surface area contributed by atoms with Gasteiger partial charge in [0.1, 0.15) is 5.84 Å². The van der Waals surface area contributed by atoms with Gasteiger partial charge in [-0.2, -0.15) is 0 Å². The summed E-state index contributed by atoms with van der Waals surface area (Å²) in [6.07, 6.45) is 0. The lowest BCUT2D eigenvalue weighted by atomic mass is 10.1. The van der Waals surface area contributed by atoms with E-state index in [0.29, 0.717) is 34.9 Å². The van der Waals surface area contributed by atoms with Gasteiger partial charge in [-0.3, -0.25) is 5.41 Å². The highest BCUT2D eigenvalue weighted by Crippen LogP contribution is 2.32. The molecule has 2 aromatic rings. The predicted octanol–water partition coefficient (Wildman–Crippen LogP) is 3.13. The fourth-order valence-corrected chi connectivity index (χ4v) is 2.45. The summed E-state index contributed by atoms with van der Waals surface area (Å²) in [6, 6.07) is 11.5. The van der Waals surface area contributed by atoms with Crippen molar-refractivity contribution < 1.29 is 19.0 Å². The minimum atomic E-state index is -0.728. The zero-order chi connectivity index (χ0) is 19.1. The van der Waals surface area contributed by atoms with Crippen molar-refractivity contribution in [1.29, 1.82) is 5.41 Å². The molecule has 8 heteroatoms. The van der Waals surface area contributed by atoms with Gasteiger partial charge in [-0.25, -0.2) is 4.79 Å². The number of carbonyl (C=O) groups excluding carboxylic acids is 1. The number of esters is 1. The van der Waals surface area contributed by atoms with E-state index in [-0.39, 0.29) is 18.2 Å². The molecule has 0 amide bonds. The number of hydrogen-bond donors (Lipinski definition) is 3. The molecule has 1 unspecified atom stereocenters. The number of ether oxygens (including phenoxy) is 3. The molecule has 0 spiro atoms. The third-order valence-corrected chi connectivity index (χ3v) is 3.76. The molecule has 2 rings (SSSR count). The Morgan fingerprint density at radius 3 is 2.33 bits per heavy atom. The van der Waals surface area contributed by atoms with E-state index in [9.17, 15) is 4.79 Å². The smallest absolute Gasteiger partial charge is 0.332 e. The van der Waals surface area contributed by atoms with Crippen LogP contribution in [0, 0.1) is 5.41 Å². The van der Waals surface area contributed by atoms with E-state index in [2.05, 4.69) is 5.32 Å². The molecular weight excluding hydrogens is 370 g/mol. The van der Waals surface area contributed by atoms with Crippen LogP contribution >= 0.6 is 12.4 Å². The SMILES string of the molecule is CCOc1cc(C(Nc2ccc(C(=N)N)cc2)C(=O)OC)ccc1OC.Cl. The first kappa shape index (κ1) is 22.1. The van der Waals surface area contributed by atoms with Gasteiger partial charge in [0.25, 0.3) is 0 Å². The van der Waals surface area contributed by atoms with Crippen molar-refractivity contribution in [3.8, 4) is 11.5 Å². The van der Waals surface area contributed by atoms with E-state index in [1.165, 1.54) is 7.11 Å². The number of benzene rings is 2. The van der Waals surface area contributed by atoms with Crippen molar-refractivity contribution in [2.45, 2.75) is 13.0 Å². The molecule has 0 saturated heterocycles. The maximum Gasteiger partial charge on any atom is 0.332 e. The number of nitrogen functional groups attached to an aromatic ring is 1. The zero-order valence-electron chi connectivity index (χ0n) is 15.4. The standard InChI is InChI=1S/C19H23N3O4.ClH/c1-4-26-16-11-13(7-10-15(16)24-2)17(19(23)25-3)22-14-8-5-12(6-9-14)18(20)21;/h5-11,17,22H,4H2,1-3H3,(H3,20,21);1H. The van der Waals surface area contributed by atoms with Gasteiger partial charge in [0, 0.05) is 11.3 Å². The number of nitrogens with two attached hydrogens (primary N) is 1. The quantitative estimate of drug-likeness (QED) is 0.361. The van der Waals surface area contributed by atoms with Crippen molar-refractivity contribution in [1.82, 2.24) is 0 Å². The summed E-state index contributed by atoms with van der Waals surface area (Å²) < 4.78 is 15.8. The Morgan fingerprint density at radius 1 is 1.15 bits per heavy atom. The molecule has 0 aliphatic heterocycles. The maximum atomic E-state index is 12.3. The van der Waals surface area contributed by atoms with Gasteiger partial charge in [0.15, 0.2) is 17.5 Å². The van der Waals surface area contributed by atoms with E-state index in [0.717, 1.165) is 0 Å². The van der Waals surface area contributed by atoms with Crippen LogP contribution in [0.3, 0.4) is 0 Å². The second-order valence-electron chi connectivity index (χ2n) is 5.43. The number of carbonyl (C=O) groups is 1. The van der Waals surface area contributed by atoms with Gasteiger partial charge in [-0.15, -0.1) is 12.4 Å². The monoisotopic (exact) mass is 393 g/mol. The number of anilines is 1. The molecule has 0 aromatic heterocycles. The maximum absolute atomic E-state index is 12.3. The molecule has 0 radical (unpaired) electrons. The van der Waals surface area contributed by atoms with Crippen LogP contribution in [0.2, 0.25) is 0 Å². The molecule has 27 heavy (non-hydrogen) atoms. The first-order chi connectivity index (χ1) is 12.5. The number of halogens is 1. The van der Waals surface area contributed by atoms with Crippen LogP contribution in [0.4, 0.5) is 5.69 Å². The van der Waals surface area contributed by atoms with E-state index in [1.807, 2.05) is 6.92 Å². The van der Waals surface area contributed by atoms with Gasteiger partial charge in [0.2, 0.25) is 0 Å².